The number of aliphatic hydroxyl groups excluding tert-OH is 1. The van der Waals surface area contributed by atoms with Gasteiger partial charge < -0.3 is 5.11 Å². The van der Waals surface area contributed by atoms with E-state index in [-0.39, 0.29) is 5.56 Å². The summed E-state index contributed by atoms with van der Waals surface area (Å²) in [6.07, 6.45) is -1.17. The highest BCUT2D eigenvalue weighted by molar-refractivity contribution is 9.10. The highest BCUT2D eigenvalue weighted by Gasteiger charge is 2.18. The molecule has 6 heteroatoms. The van der Waals surface area contributed by atoms with Gasteiger partial charge in [-0.25, -0.2) is 4.39 Å². The van der Waals surface area contributed by atoms with Gasteiger partial charge in [0.05, 0.1) is 15.1 Å². The highest BCUT2D eigenvalue weighted by Crippen LogP contribution is 2.33. The second-order valence-electron chi connectivity index (χ2n) is 3.86. The molecule has 0 aliphatic carbocycles. The molecule has 2 aromatic rings. The zero-order valence-electron chi connectivity index (χ0n) is 9.30. The molecule has 0 aliphatic rings. The van der Waals surface area contributed by atoms with Crippen LogP contribution in [0.4, 0.5) is 4.39 Å². The monoisotopic (exact) mass is 382 g/mol. The maximum atomic E-state index is 13.8. The Bertz CT molecular complexity index is 634. The van der Waals surface area contributed by atoms with Crippen molar-refractivity contribution in [3.8, 4) is 0 Å². The van der Waals surface area contributed by atoms with Crippen LogP contribution in [0.3, 0.4) is 0 Å². The number of halogens is 5. The van der Waals surface area contributed by atoms with Crippen LogP contribution in [0.2, 0.25) is 15.1 Å². The molecule has 1 atom stereocenters. The molecule has 0 amide bonds. The van der Waals surface area contributed by atoms with E-state index in [1.165, 1.54) is 18.2 Å². The molecule has 0 aromatic heterocycles. The van der Waals surface area contributed by atoms with Crippen molar-refractivity contribution in [1.82, 2.24) is 0 Å². The molecule has 0 fully saturated rings. The molecule has 2 aromatic carbocycles. The molecule has 0 spiro atoms. The van der Waals surface area contributed by atoms with Crippen molar-refractivity contribution in [3.05, 3.63) is 66.8 Å². The van der Waals surface area contributed by atoms with Crippen molar-refractivity contribution in [2.45, 2.75) is 6.10 Å². The van der Waals surface area contributed by atoms with Crippen LogP contribution in [-0.2, 0) is 0 Å². The lowest BCUT2D eigenvalue weighted by Gasteiger charge is -2.14. The first-order valence-corrected chi connectivity index (χ1v) is 7.10. The molecule has 0 radical (unpaired) electrons. The molecule has 0 aliphatic heterocycles. The maximum Gasteiger partial charge on any atom is 0.130 e. The van der Waals surface area contributed by atoms with E-state index in [4.69, 9.17) is 34.8 Å². The normalized spacial score (nSPS) is 12.5. The predicted molar refractivity (Wildman–Crippen MR) is 79.6 cm³/mol. The SMILES string of the molecule is OC(c1ccc(Cl)c(Cl)c1)c1cc(Cl)c(Br)cc1F. The first-order valence-electron chi connectivity index (χ1n) is 5.17. The second-order valence-corrected chi connectivity index (χ2v) is 5.94. The quantitative estimate of drug-likeness (QED) is 0.666. The summed E-state index contributed by atoms with van der Waals surface area (Å²) in [5.41, 5.74) is 0.512. The Balaban J connectivity index is 2.46. The fraction of sp³-hybridized carbons (Fsp3) is 0.0769. The van der Waals surface area contributed by atoms with Crippen LogP contribution in [0, 0.1) is 5.82 Å². The van der Waals surface area contributed by atoms with Crippen LogP contribution in [0.5, 0.6) is 0 Å². The molecule has 0 saturated heterocycles. The highest BCUT2D eigenvalue weighted by atomic mass is 79.9. The van der Waals surface area contributed by atoms with Crippen LogP contribution in [0.25, 0.3) is 0 Å². The average Bonchev–Trinajstić information content (AvgIpc) is 2.36. The predicted octanol–water partition coefficient (Wildman–Crippen LogP) is 5.63. The van der Waals surface area contributed by atoms with E-state index >= 15 is 0 Å². The molecule has 1 unspecified atom stereocenters. The van der Waals surface area contributed by atoms with E-state index in [1.807, 2.05) is 0 Å². The zero-order valence-corrected chi connectivity index (χ0v) is 13.2. The molecular formula is C13H7BrCl3FO. The molecule has 0 bridgehead atoms. The molecule has 1 N–H and O–H groups in total. The Labute approximate surface area is 133 Å². The molecule has 2 rings (SSSR count). The standard InChI is InChI=1S/C13H7BrCl3FO/c14-8-5-12(18)7(4-10(8)16)13(19)6-1-2-9(15)11(17)3-6/h1-5,13,19H. The van der Waals surface area contributed by atoms with Crippen molar-refractivity contribution in [1.29, 1.82) is 0 Å². The van der Waals surface area contributed by atoms with Crippen LogP contribution >= 0.6 is 50.7 Å². The molecule has 0 saturated carbocycles. The Morgan fingerprint density at radius 3 is 2.32 bits per heavy atom. The fourth-order valence-corrected chi connectivity index (χ4v) is 2.40. The van der Waals surface area contributed by atoms with E-state index in [0.717, 1.165) is 0 Å². The van der Waals surface area contributed by atoms with Gasteiger partial charge in [0.15, 0.2) is 0 Å². The van der Waals surface area contributed by atoms with Gasteiger partial charge in [0, 0.05) is 10.0 Å². The van der Waals surface area contributed by atoms with Gasteiger partial charge in [-0.2, -0.15) is 0 Å². The van der Waals surface area contributed by atoms with Crippen LogP contribution < -0.4 is 0 Å². The Hall–Kier alpha value is -0.320. The first-order chi connectivity index (χ1) is 8.90. The summed E-state index contributed by atoms with van der Waals surface area (Å²) < 4.78 is 14.3. The van der Waals surface area contributed by atoms with Gasteiger partial charge in [0.25, 0.3) is 0 Å². The minimum Gasteiger partial charge on any atom is -0.384 e. The molecular weight excluding hydrogens is 377 g/mol. The van der Waals surface area contributed by atoms with Gasteiger partial charge in [-0.3, -0.25) is 0 Å². The third-order valence-corrected chi connectivity index (χ3v) is 4.53. The number of hydrogen-bond acceptors (Lipinski definition) is 1. The summed E-state index contributed by atoms with van der Waals surface area (Å²) in [7, 11) is 0. The maximum absolute atomic E-state index is 13.8. The summed E-state index contributed by atoms with van der Waals surface area (Å²) >= 11 is 20.7. The van der Waals surface area contributed by atoms with Gasteiger partial charge >= 0.3 is 0 Å². The summed E-state index contributed by atoms with van der Waals surface area (Å²) in [6.45, 7) is 0. The summed E-state index contributed by atoms with van der Waals surface area (Å²) in [6, 6.07) is 7.19. The van der Waals surface area contributed by atoms with E-state index in [1.54, 1.807) is 12.1 Å². The number of benzene rings is 2. The smallest absolute Gasteiger partial charge is 0.130 e. The largest absolute Gasteiger partial charge is 0.384 e. The summed E-state index contributed by atoms with van der Waals surface area (Å²) in [5.74, 6) is -0.560. The fourth-order valence-electron chi connectivity index (χ4n) is 1.61. The van der Waals surface area contributed by atoms with E-state index in [2.05, 4.69) is 15.9 Å². The molecule has 100 valence electrons. The van der Waals surface area contributed by atoms with Gasteiger partial charge in [0.1, 0.15) is 11.9 Å². The van der Waals surface area contributed by atoms with E-state index in [9.17, 15) is 9.50 Å². The molecule has 1 nitrogen and oxygen atoms in total. The van der Waals surface area contributed by atoms with Gasteiger partial charge in [-0.1, -0.05) is 40.9 Å². The van der Waals surface area contributed by atoms with Crippen molar-refractivity contribution in [3.63, 3.8) is 0 Å². The lowest BCUT2D eigenvalue weighted by atomic mass is 10.0. The lowest BCUT2D eigenvalue weighted by Crippen LogP contribution is -2.03. The molecule has 19 heavy (non-hydrogen) atoms. The van der Waals surface area contributed by atoms with Crippen molar-refractivity contribution in [2.75, 3.05) is 0 Å². The van der Waals surface area contributed by atoms with Crippen LogP contribution in [0.1, 0.15) is 17.2 Å². The van der Waals surface area contributed by atoms with Crippen molar-refractivity contribution < 1.29 is 9.50 Å². The van der Waals surface area contributed by atoms with Crippen LogP contribution in [0.15, 0.2) is 34.8 Å². The Morgan fingerprint density at radius 1 is 1.00 bits per heavy atom. The average molecular weight is 384 g/mol. The lowest BCUT2D eigenvalue weighted by molar-refractivity contribution is 0.215. The zero-order chi connectivity index (χ0) is 14.2. The summed E-state index contributed by atoms with van der Waals surface area (Å²) in [5, 5.41) is 11.2. The number of rotatable bonds is 2. The van der Waals surface area contributed by atoms with Crippen molar-refractivity contribution >= 4 is 50.7 Å². The minimum absolute atomic E-state index is 0.0755. The third kappa shape index (κ3) is 3.23. The topological polar surface area (TPSA) is 20.2 Å². The third-order valence-electron chi connectivity index (χ3n) is 2.59. The van der Waals surface area contributed by atoms with Gasteiger partial charge in [-0.15, -0.1) is 0 Å². The Morgan fingerprint density at radius 2 is 1.68 bits per heavy atom. The Kier molecular flexibility index (Phi) is 4.75. The summed E-state index contributed by atoms with van der Waals surface area (Å²) in [4.78, 5) is 0. The van der Waals surface area contributed by atoms with Gasteiger partial charge in [0.2, 0.25) is 0 Å². The molecule has 0 heterocycles. The number of aliphatic hydroxyl groups is 1. The first kappa shape index (κ1) is 15.1. The van der Waals surface area contributed by atoms with Crippen LogP contribution in [-0.4, -0.2) is 5.11 Å². The van der Waals surface area contributed by atoms with Gasteiger partial charge in [-0.05, 0) is 45.8 Å². The van der Waals surface area contributed by atoms with E-state index in [0.29, 0.717) is 25.1 Å². The number of hydrogen-bond donors (Lipinski definition) is 1. The second kappa shape index (κ2) is 5.98. The van der Waals surface area contributed by atoms with Crippen molar-refractivity contribution in [2.24, 2.45) is 0 Å². The van der Waals surface area contributed by atoms with E-state index < -0.39 is 11.9 Å². The minimum atomic E-state index is -1.17.